The number of H-pyrrole nitrogens is 1. The van der Waals surface area contributed by atoms with Crippen molar-refractivity contribution >= 4 is 38.6 Å². The van der Waals surface area contributed by atoms with Gasteiger partial charge in [-0.05, 0) is 55.2 Å². The first-order valence-electron chi connectivity index (χ1n) is 9.45. The first-order valence-corrected chi connectivity index (χ1v) is 10.2. The van der Waals surface area contributed by atoms with Gasteiger partial charge in [0.1, 0.15) is 6.04 Å². The van der Waals surface area contributed by atoms with Gasteiger partial charge in [-0.15, -0.1) is 0 Å². The van der Waals surface area contributed by atoms with Gasteiger partial charge in [-0.25, -0.2) is 0 Å². The maximum Gasteiger partial charge on any atom is 0.242 e. The normalized spacial score (nSPS) is 16.4. The maximum atomic E-state index is 12.4. The molecule has 3 N–H and O–H groups in total. The molecule has 1 saturated heterocycles. The van der Waals surface area contributed by atoms with E-state index >= 15 is 0 Å². The Bertz CT molecular complexity index is 1040. The topological polar surface area (TPSA) is 74.0 Å². The lowest BCUT2D eigenvalue weighted by Crippen LogP contribution is -2.40. The summed E-state index contributed by atoms with van der Waals surface area (Å²) in [6.45, 7) is 2.69. The Morgan fingerprint density at radius 1 is 1.21 bits per heavy atom. The van der Waals surface area contributed by atoms with Crippen molar-refractivity contribution in [1.82, 2.24) is 15.6 Å². The molecule has 0 radical (unpaired) electrons. The SMILES string of the molecule is Cc1ccc2[nH]c(-c3ccc(Br)cc3)c(CCC(=O)NC3CCNC3=O)c2c1. The standard InChI is InChI=1S/C22H22BrN3O2/c1-13-2-8-18-17(12-13)16(21(26-18)14-3-5-15(23)6-4-14)7-9-20(27)25-19-10-11-24-22(19)28/h2-6,8,12,19,26H,7,9-11H2,1H3,(H,24,28)(H,25,27). The number of carbonyl (C=O) groups is 2. The van der Waals surface area contributed by atoms with Crippen LogP contribution in [0.2, 0.25) is 0 Å². The van der Waals surface area contributed by atoms with Gasteiger partial charge in [0.25, 0.3) is 0 Å². The number of nitrogens with one attached hydrogen (secondary N) is 3. The summed E-state index contributed by atoms with van der Waals surface area (Å²) in [6.07, 6.45) is 1.60. The molecule has 2 amide bonds. The lowest BCUT2D eigenvalue weighted by atomic mass is 10.00. The summed E-state index contributed by atoms with van der Waals surface area (Å²) in [7, 11) is 0. The molecular weight excluding hydrogens is 418 g/mol. The smallest absolute Gasteiger partial charge is 0.242 e. The van der Waals surface area contributed by atoms with E-state index in [1.165, 1.54) is 5.56 Å². The van der Waals surface area contributed by atoms with Crippen LogP contribution in [0.1, 0.15) is 24.0 Å². The number of aromatic amines is 1. The van der Waals surface area contributed by atoms with Crippen LogP contribution in [-0.2, 0) is 16.0 Å². The monoisotopic (exact) mass is 439 g/mol. The zero-order valence-electron chi connectivity index (χ0n) is 15.6. The third-order valence-corrected chi connectivity index (χ3v) is 5.71. The van der Waals surface area contributed by atoms with Crippen LogP contribution in [0.5, 0.6) is 0 Å². The number of fused-ring (bicyclic) bond motifs is 1. The quantitative estimate of drug-likeness (QED) is 0.564. The summed E-state index contributed by atoms with van der Waals surface area (Å²) < 4.78 is 1.03. The van der Waals surface area contributed by atoms with E-state index in [-0.39, 0.29) is 11.8 Å². The molecule has 1 aromatic heterocycles. The Kier molecular flexibility index (Phi) is 5.22. The third kappa shape index (κ3) is 3.83. The second-order valence-corrected chi connectivity index (χ2v) is 8.15. The number of aryl methyl sites for hydroxylation is 2. The number of carbonyl (C=O) groups excluding carboxylic acids is 2. The Morgan fingerprint density at radius 3 is 2.71 bits per heavy atom. The van der Waals surface area contributed by atoms with Gasteiger partial charge in [-0.1, -0.05) is 39.7 Å². The molecule has 3 aromatic rings. The lowest BCUT2D eigenvalue weighted by Gasteiger charge is -2.10. The number of halogens is 1. The molecule has 1 unspecified atom stereocenters. The second-order valence-electron chi connectivity index (χ2n) is 7.23. The fraction of sp³-hybridized carbons (Fsp3) is 0.273. The molecule has 2 aromatic carbocycles. The molecule has 1 aliphatic heterocycles. The molecule has 144 valence electrons. The van der Waals surface area contributed by atoms with Crippen LogP contribution in [0.4, 0.5) is 0 Å². The first kappa shape index (κ1) is 18.7. The van der Waals surface area contributed by atoms with E-state index in [2.05, 4.69) is 68.8 Å². The van der Waals surface area contributed by atoms with Gasteiger partial charge in [0.15, 0.2) is 0 Å². The summed E-state index contributed by atoms with van der Waals surface area (Å²) >= 11 is 3.48. The number of amides is 2. The molecule has 4 rings (SSSR count). The van der Waals surface area contributed by atoms with Crippen molar-refractivity contribution in [2.75, 3.05) is 6.54 Å². The average Bonchev–Trinajstić information content (AvgIpc) is 3.24. The molecule has 2 heterocycles. The minimum absolute atomic E-state index is 0.0911. The van der Waals surface area contributed by atoms with E-state index in [1.54, 1.807) is 0 Å². The first-order chi connectivity index (χ1) is 13.5. The highest BCUT2D eigenvalue weighted by molar-refractivity contribution is 9.10. The van der Waals surface area contributed by atoms with Crippen LogP contribution in [0.25, 0.3) is 22.2 Å². The molecule has 0 aliphatic carbocycles. The molecule has 1 atom stereocenters. The van der Waals surface area contributed by atoms with Crippen LogP contribution in [0.15, 0.2) is 46.9 Å². The third-order valence-electron chi connectivity index (χ3n) is 5.18. The number of rotatable bonds is 5. The van der Waals surface area contributed by atoms with Gasteiger partial charge < -0.3 is 15.6 Å². The maximum absolute atomic E-state index is 12.4. The van der Waals surface area contributed by atoms with Gasteiger partial charge >= 0.3 is 0 Å². The van der Waals surface area contributed by atoms with E-state index in [0.29, 0.717) is 25.8 Å². The second kappa shape index (κ2) is 7.80. The van der Waals surface area contributed by atoms with E-state index < -0.39 is 6.04 Å². The fourth-order valence-corrected chi connectivity index (χ4v) is 3.99. The summed E-state index contributed by atoms with van der Waals surface area (Å²) in [5, 5.41) is 6.74. The van der Waals surface area contributed by atoms with Gasteiger partial charge in [-0.3, -0.25) is 9.59 Å². The molecular formula is C22H22BrN3O2. The Hall–Kier alpha value is -2.60. The minimum atomic E-state index is -0.399. The molecule has 0 bridgehead atoms. The van der Waals surface area contributed by atoms with E-state index in [4.69, 9.17) is 0 Å². The molecule has 5 nitrogen and oxygen atoms in total. The molecule has 28 heavy (non-hydrogen) atoms. The van der Waals surface area contributed by atoms with Crippen LogP contribution < -0.4 is 10.6 Å². The molecule has 0 saturated carbocycles. The van der Waals surface area contributed by atoms with Crippen LogP contribution in [0.3, 0.4) is 0 Å². The van der Waals surface area contributed by atoms with E-state index in [1.807, 2.05) is 12.1 Å². The highest BCUT2D eigenvalue weighted by Gasteiger charge is 2.25. The summed E-state index contributed by atoms with van der Waals surface area (Å²) in [5.74, 6) is -0.183. The highest BCUT2D eigenvalue weighted by atomic mass is 79.9. The van der Waals surface area contributed by atoms with Crippen molar-refractivity contribution in [2.45, 2.75) is 32.2 Å². The number of hydrogen-bond donors (Lipinski definition) is 3. The van der Waals surface area contributed by atoms with Crippen LogP contribution in [0, 0.1) is 6.92 Å². The van der Waals surface area contributed by atoms with Crippen LogP contribution in [-0.4, -0.2) is 29.4 Å². The summed E-state index contributed by atoms with van der Waals surface area (Å²) in [6, 6.07) is 14.1. The predicted molar refractivity (Wildman–Crippen MR) is 114 cm³/mol. The summed E-state index contributed by atoms with van der Waals surface area (Å²) in [4.78, 5) is 27.6. The number of benzene rings is 2. The van der Waals surface area contributed by atoms with Crippen LogP contribution >= 0.6 is 15.9 Å². The fourth-order valence-electron chi connectivity index (χ4n) is 3.72. The van der Waals surface area contributed by atoms with E-state index in [0.717, 1.165) is 32.2 Å². The van der Waals surface area contributed by atoms with Crippen molar-refractivity contribution < 1.29 is 9.59 Å². The Morgan fingerprint density at radius 2 is 2.00 bits per heavy atom. The zero-order valence-corrected chi connectivity index (χ0v) is 17.2. The number of aromatic nitrogens is 1. The van der Waals surface area contributed by atoms with Gasteiger partial charge in [-0.2, -0.15) is 0 Å². The highest BCUT2D eigenvalue weighted by Crippen LogP contribution is 2.32. The summed E-state index contributed by atoms with van der Waals surface area (Å²) in [5.41, 5.74) is 5.51. The molecule has 1 fully saturated rings. The zero-order chi connectivity index (χ0) is 19.7. The number of hydrogen-bond acceptors (Lipinski definition) is 2. The van der Waals surface area contributed by atoms with Crippen molar-refractivity contribution in [3.63, 3.8) is 0 Å². The Labute approximate surface area is 172 Å². The molecule has 0 spiro atoms. The Balaban J connectivity index is 1.61. The van der Waals surface area contributed by atoms with Gasteiger partial charge in [0, 0.05) is 34.0 Å². The molecule has 1 aliphatic rings. The van der Waals surface area contributed by atoms with Crippen molar-refractivity contribution in [3.8, 4) is 11.3 Å². The largest absolute Gasteiger partial charge is 0.354 e. The van der Waals surface area contributed by atoms with Gasteiger partial charge in [0.05, 0.1) is 0 Å². The van der Waals surface area contributed by atoms with Gasteiger partial charge in [0.2, 0.25) is 11.8 Å². The van der Waals surface area contributed by atoms with Crippen molar-refractivity contribution in [1.29, 1.82) is 0 Å². The van der Waals surface area contributed by atoms with Crippen molar-refractivity contribution in [2.24, 2.45) is 0 Å². The molecule has 6 heteroatoms. The minimum Gasteiger partial charge on any atom is -0.354 e. The van der Waals surface area contributed by atoms with E-state index in [9.17, 15) is 9.59 Å². The predicted octanol–water partition coefficient (Wildman–Crippen LogP) is 3.84. The lowest BCUT2D eigenvalue weighted by molar-refractivity contribution is -0.127. The van der Waals surface area contributed by atoms with Crippen molar-refractivity contribution in [3.05, 3.63) is 58.1 Å². The average molecular weight is 440 g/mol.